The number of nitrogens with zero attached hydrogens (tertiary/aromatic N) is 2. The Hall–Kier alpha value is -3.80. The molecule has 0 saturated carbocycles. The maximum absolute atomic E-state index is 12.8. The Morgan fingerprint density at radius 2 is 1.76 bits per heavy atom. The van der Waals surface area contributed by atoms with E-state index in [4.69, 9.17) is 14.5 Å². The largest absolute Gasteiger partial charge is 0.497 e. The molecular formula is C32H39N3O3. The van der Waals surface area contributed by atoms with Gasteiger partial charge in [0.05, 0.1) is 37.2 Å². The number of fused-ring (bicyclic) bond motifs is 1. The van der Waals surface area contributed by atoms with Crippen molar-refractivity contribution in [2.24, 2.45) is 0 Å². The number of carbonyl (C=O) groups excluding carboxylic acids is 1. The quantitative estimate of drug-likeness (QED) is 0.213. The first-order chi connectivity index (χ1) is 18.4. The van der Waals surface area contributed by atoms with Gasteiger partial charge < -0.3 is 19.4 Å². The first-order valence-corrected chi connectivity index (χ1v) is 13.5. The topological polar surface area (TPSA) is 65.4 Å². The normalized spacial score (nSPS) is 12.1. The molecule has 0 radical (unpaired) electrons. The van der Waals surface area contributed by atoms with E-state index in [-0.39, 0.29) is 11.9 Å². The molecule has 0 aliphatic heterocycles. The van der Waals surface area contributed by atoms with Crippen molar-refractivity contribution in [1.82, 2.24) is 14.9 Å². The first kappa shape index (κ1) is 27.2. The molecule has 0 aliphatic rings. The van der Waals surface area contributed by atoms with Crippen LogP contribution in [0.1, 0.15) is 68.1 Å². The minimum atomic E-state index is -0.217. The third kappa shape index (κ3) is 6.74. The molecular weight excluding hydrogens is 474 g/mol. The molecule has 38 heavy (non-hydrogen) atoms. The van der Waals surface area contributed by atoms with E-state index in [1.54, 1.807) is 7.11 Å². The van der Waals surface area contributed by atoms with Gasteiger partial charge in [-0.25, -0.2) is 4.98 Å². The summed E-state index contributed by atoms with van der Waals surface area (Å²) in [4.78, 5) is 17.7. The Morgan fingerprint density at radius 3 is 2.50 bits per heavy atom. The summed E-state index contributed by atoms with van der Waals surface area (Å²) < 4.78 is 13.6. The van der Waals surface area contributed by atoms with Crippen molar-refractivity contribution in [2.45, 2.75) is 65.5 Å². The molecule has 0 bridgehead atoms. The third-order valence-electron chi connectivity index (χ3n) is 6.80. The lowest BCUT2D eigenvalue weighted by atomic mass is 10.0. The van der Waals surface area contributed by atoms with Gasteiger partial charge in [-0.1, -0.05) is 50.2 Å². The highest BCUT2D eigenvalue weighted by molar-refractivity contribution is 5.79. The lowest BCUT2D eigenvalue weighted by Crippen LogP contribution is -2.30. The summed E-state index contributed by atoms with van der Waals surface area (Å²) >= 11 is 0. The van der Waals surface area contributed by atoms with Crippen LogP contribution in [0.15, 0.2) is 66.7 Å². The highest BCUT2D eigenvalue weighted by Gasteiger charge is 2.18. The van der Waals surface area contributed by atoms with Crippen LogP contribution in [0.2, 0.25) is 0 Å². The van der Waals surface area contributed by atoms with Gasteiger partial charge in [-0.3, -0.25) is 4.79 Å². The van der Waals surface area contributed by atoms with Gasteiger partial charge in [0.2, 0.25) is 5.91 Å². The minimum absolute atomic E-state index is 0.0335. The van der Waals surface area contributed by atoms with Crippen LogP contribution in [0.25, 0.3) is 11.0 Å². The molecule has 6 heteroatoms. The Kier molecular flexibility index (Phi) is 9.06. The van der Waals surface area contributed by atoms with Gasteiger partial charge in [0.25, 0.3) is 0 Å². The number of aryl methyl sites for hydroxylation is 2. The van der Waals surface area contributed by atoms with Crippen molar-refractivity contribution in [3.05, 3.63) is 89.2 Å². The first-order valence-electron chi connectivity index (χ1n) is 13.5. The lowest BCUT2D eigenvalue weighted by Gasteiger charge is -2.17. The molecule has 6 nitrogen and oxygen atoms in total. The van der Waals surface area contributed by atoms with E-state index in [9.17, 15) is 4.79 Å². The van der Waals surface area contributed by atoms with Gasteiger partial charge in [0.15, 0.2) is 0 Å². The van der Waals surface area contributed by atoms with Crippen LogP contribution in [0.4, 0.5) is 0 Å². The van der Waals surface area contributed by atoms with Crippen LogP contribution >= 0.6 is 0 Å². The monoisotopic (exact) mass is 513 g/mol. The summed E-state index contributed by atoms with van der Waals surface area (Å²) in [6.45, 7) is 9.96. The van der Waals surface area contributed by atoms with Crippen LogP contribution in [-0.2, 0) is 17.8 Å². The standard InChI is InChI=1S/C32H39N3O3/c1-22(2)27-17-12-23(3)20-30(27)38-19-9-8-18-35-29-11-7-6-10-28(29)34-32(35)24(4)33-31(36)21-25-13-15-26(37-5)16-14-25/h6-7,10-17,20,22,24H,8-9,18-19,21H2,1-5H3,(H,33,36). The van der Waals surface area contributed by atoms with E-state index in [2.05, 4.69) is 54.9 Å². The summed E-state index contributed by atoms with van der Waals surface area (Å²) in [7, 11) is 1.63. The summed E-state index contributed by atoms with van der Waals surface area (Å²) in [5.41, 5.74) is 5.43. The van der Waals surface area contributed by atoms with E-state index in [1.807, 2.05) is 49.4 Å². The Bertz CT molecular complexity index is 1360. The van der Waals surface area contributed by atoms with E-state index >= 15 is 0 Å². The van der Waals surface area contributed by atoms with Crippen LogP contribution < -0.4 is 14.8 Å². The zero-order valence-electron chi connectivity index (χ0n) is 23.2. The van der Waals surface area contributed by atoms with Crippen molar-refractivity contribution in [3.63, 3.8) is 0 Å². The van der Waals surface area contributed by atoms with Gasteiger partial charge in [-0.15, -0.1) is 0 Å². The van der Waals surface area contributed by atoms with Crippen molar-refractivity contribution >= 4 is 16.9 Å². The van der Waals surface area contributed by atoms with Crippen LogP contribution in [0.3, 0.4) is 0 Å². The van der Waals surface area contributed by atoms with Crippen molar-refractivity contribution < 1.29 is 14.3 Å². The second-order valence-electron chi connectivity index (χ2n) is 10.2. The number of imidazole rings is 1. The maximum atomic E-state index is 12.8. The Morgan fingerprint density at radius 1 is 1.00 bits per heavy atom. The second kappa shape index (κ2) is 12.6. The molecule has 4 rings (SSSR count). The fraction of sp³-hybridized carbons (Fsp3) is 0.375. The fourth-order valence-electron chi connectivity index (χ4n) is 4.74. The van der Waals surface area contributed by atoms with Gasteiger partial charge in [-0.2, -0.15) is 0 Å². The molecule has 3 aromatic carbocycles. The van der Waals surface area contributed by atoms with Crippen LogP contribution in [-0.4, -0.2) is 29.2 Å². The molecule has 0 saturated heterocycles. The van der Waals surface area contributed by atoms with Crippen molar-refractivity contribution in [1.29, 1.82) is 0 Å². The number of carbonyl (C=O) groups is 1. The number of ether oxygens (including phenoxy) is 2. The number of rotatable bonds is 12. The Balaban J connectivity index is 1.38. The number of nitrogens with one attached hydrogen (secondary N) is 1. The van der Waals surface area contributed by atoms with Crippen LogP contribution in [0.5, 0.6) is 11.5 Å². The number of amides is 1. The predicted molar refractivity (Wildman–Crippen MR) is 153 cm³/mol. The molecule has 0 fully saturated rings. The number of methoxy groups -OCH3 is 1. The van der Waals surface area contributed by atoms with Gasteiger partial charge in [-0.05, 0) is 79.6 Å². The fourth-order valence-corrected chi connectivity index (χ4v) is 4.74. The van der Waals surface area contributed by atoms with E-state index < -0.39 is 0 Å². The van der Waals surface area contributed by atoms with Crippen molar-refractivity contribution in [3.8, 4) is 11.5 Å². The molecule has 1 aromatic heterocycles. The van der Waals surface area contributed by atoms with Crippen LogP contribution in [0, 0.1) is 6.92 Å². The number of benzene rings is 3. The molecule has 0 aliphatic carbocycles. The third-order valence-corrected chi connectivity index (χ3v) is 6.80. The maximum Gasteiger partial charge on any atom is 0.224 e. The number of unbranched alkanes of at least 4 members (excludes halogenated alkanes) is 1. The summed E-state index contributed by atoms with van der Waals surface area (Å²) in [5.74, 6) is 3.03. The molecule has 4 aromatic rings. The van der Waals surface area contributed by atoms with Crippen molar-refractivity contribution in [2.75, 3.05) is 13.7 Å². The average Bonchev–Trinajstić information content (AvgIpc) is 3.27. The molecule has 1 N–H and O–H groups in total. The zero-order valence-corrected chi connectivity index (χ0v) is 23.2. The smallest absolute Gasteiger partial charge is 0.224 e. The summed E-state index contributed by atoms with van der Waals surface area (Å²) in [6, 6.07) is 22.0. The molecule has 200 valence electrons. The van der Waals surface area contributed by atoms with Gasteiger partial charge >= 0.3 is 0 Å². The minimum Gasteiger partial charge on any atom is -0.497 e. The molecule has 1 atom stereocenters. The highest BCUT2D eigenvalue weighted by atomic mass is 16.5. The number of hydrogen-bond acceptors (Lipinski definition) is 4. The summed E-state index contributed by atoms with van der Waals surface area (Å²) in [5, 5.41) is 3.14. The van der Waals surface area contributed by atoms with E-state index in [1.165, 1.54) is 11.1 Å². The highest BCUT2D eigenvalue weighted by Crippen LogP contribution is 2.28. The predicted octanol–water partition coefficient (Wildman–Crippen LogP) is 6.76. The van der Waals surface area contributed by atoms with E-state index in [0.717, 1.165) is 53.3 Å². The SMILES string of the molecule is COc1ccc(CC(=O)NC(C)c2nc3ccccc3n2CCCCOc2cc(C)ccc2C(C)C)cc1. The molecule has 1 amide bonds. The number of para-hydroxylation sites is 2. The summed E-state index contributed by atoms with van der Waals surface area (Å²) in [6.07, 6.45) is 2.18. The molecule has 1 unspecified atom stereocenters. The molecule has 1 heterocycles. The lowest BCUT2D eigenvalue weighted by molar-refractivity contribution is -0.121. The van der Waals surface area contributed by atoms with Gasteiger partial charge in [0, 0.05) is 6.54 Å². The second-order valence-corrected chi connectivity index (χ2v) is 10.2. The zero-order chi connectivity index (χ0) is 27.1. The average molecular weight is 514 g/mol. The Labute approximate surface area is 226 Å². The number of aromatic nitrogens is 2. The van der Waals surface area contributed by atoms with E-state index in [0.29, 0.717) is 18.9 Å². The van der Waals surface area contributed by atoms with Gasteiger partial charge in [0.1, 0.15) is 17.3 Å². The molecule has 0 spiro atoms. The number of hydrogen-bond donors (Lipinski definition) is 1.